The number of hydrogen-bond acceptors (Lipinski definition) is 4. The van der Waals surface area contributed by atoms with E-state index in [-0.39, 0.29) is 41.1 Å². The number of hydrogen-bond donors (Lipinski definition) is 0. The molecule has 1 heterocycles. The smallest absolute Gasteiger partial charge is 0.417 e. The topological polar surface area (TPSA) is 48.7 Å². The van der Waals surface area contributed by atoms with Gasteiger partial charge in [0.1, 0.15) is 34.7 Å². The number of benzene rings is 2. The Balaban J connectivity index is 1.62. The lowest BCUT2D eigenvalue weighted by atomic mass is 9.83. The van der Waals surface area contributed by atoms with Gasteiger partial charge >= 0.3 is 18.3 Å². The summed E-state index contributed by atoms with van der Waals surface area (Å²) in [5.41, 5.74) is -2.71. The molecule has 0 amide bonds. The summed E-state index contributed by atoms with van der Waals surface area (Å²) in [6, 6.07) is 9.95. The van der Waals surface area contributed by atoms with E-state index in [1.807, 2.05) is 6.92 Å². The van der Waals surface area contributed by atoms with E-state index >= 15 is 0 Å². The molecular formula is C31H32F6O4. The molecule has 4 rings (SSSR count). The van der Waals surface area contributed by atoms with Crippen molar-refractivity contribution in [3.05, 3.63) is 65.7 Å². The maximum Gasteiger partial charge on any atom is 0.417 e. The van der Waals surface area contributed by atoms with Crippen molar-refractivity contribution in [2.75, 3.05) is 0 Å². The first kappa shape index (κ1) is 30.5. The third kappa shape index (κ3) is 6.26. The summed E-state index contributed by atoms with van der Waals surface area (Å²) in [5.74, 6) is -0.881. The Labute approximate surface area is 234 Å². The standard InChI is InChI=1S/C31H32F6O4/c1-5-6-7-8-19-9-12-22(23(15-19)30(32,33)34)25-16-20-10-11-21(17-24(20)40-25)39-26-13-14-27(41-28(38)18(2)3)29(26,4)31(35,36)37/h9-12,15-17,26-27H,2,5-8,13-14H2,1,3-4H3. The van der Waals surface area contributed by atoms with Gasteiger partial charge < -0.3 is 13.9 Å². The highest BCUT2D eigenvalue weighted by Crippen LogP contribution is 2.53. The monoisotopic (exact) mass is 582 g/mol. The second kappa shape index (κ2) is 11.4. The van der Waals surface area contributed by atoms with Gasteiger partial charge in [-0.05, 0) is 69.4 Å². The number of alkyl halides is 6. The van der Waals surface area contributed by atoms with Crippen LogP contribution < -0.4 is 4.74 Å². The molecule has 1 aliphatic carbocycles. The lowest BCUT2D eigenvalue weighted by molar-refractivity contribution is -0.262. The Morgan fingerprint density at radius 1 is 1.02 bits per heavy atom. The zero-order chi connectivity index (χ0) is 30.2. The molecule has 1 saturated carbocycles. The highest BCUT2D eigenvalue weighted by Gasteiger charge is 2.66. The summed E-state index contributed by atoms with van der Waals surface area (Å²) in [7, 11) is 0. The molecule has 41 heavy (non-hydrogen) atoms. The molecule has 3 atom stereocenters. The van der Waals surface area contributed by atoms with E-state index in [0.717, 1.165) is 32.3 Å². The van der Waals surface area contributed by atoms with Crippen molar-refractivity contribution in [2.45, 2.75) is 83.9 Å². The fraction of sp³-hybridized carbons (Fsp3) is 0.452. The third-order valence-corrected chi connectivity index (χ3v) is 7.73. The normalized spacial score (nSPS) is 21.3. The van der Waals surface area contributed by atoms with Crippen LogP contribution in [0.4, 0.5) is 26.3 Å². The molecule has 0 aliphatic heterocycles. The van der Waals surface area contributed by atoms with Crippen molar-refractivity contribution in [1.29, 1.82) is 0 Å². The summed E-state index contributed by atoms with van der Waals surface area (Å²) in [6.07, 6.45) is -9.14. The van der Waals surface area contributed by atoms with Gasteiger partial charge in [0.15, 0.2) is 0 Å². The van der Waals surface area contributed by atoms with Crippen LogP contribution in [0.25, 0.3) is 22.3 Å². The predicted octanol–water partition coefficient (Wildman–Crippen LogP) is 9.45. The second-order valence-corrected chi connectivity index (χ2v) is 10.8. The van der Waals surface area contributed by atoms with Crippen LogP contribution in [0.3, 0.4) is 0 Å². The summed E-state index contributed by atoms with van der Waals surface area (Å²) in [5, 5.41) is 0.464. The molecule has 0 bridgehead atoms. The van der Waals surface area contributed by atoms with Crippen molar-refractivity contribution in [3.8, 4) is 17.1 Å². The molecule has 10 heteroatoms. The van der Waals surface area contributed by atoms with E-state index in [0.29, 0.717) is 17.4 Å². The van der Waals surface area contributed by atoms with Crippen LogP contribution >= 0.6 is 0 Å². The van der Waals surface area contributed by atoms with Gasteiger partial charge in [-0.15, -0.1) is 0 Å². The molecule has 0 saturated heterocycles. The lowest BCUT2D eigenvalue weighted by Crippen LogP contribution is -2.51. The highest BCUT2D eigenvalue weighted by molar-refractivity contribution is 5.87. The number of fused-ring (bicyclic) bond motifs is 1. The van der Waals surface area contributed by atoms with Crippen LogP contribution in [0.2, 0.25) is 0 Å². The summed E-state index contributed by atoms with van der Waals surface area (Å²) < 4.78 is 101. The maximum absolute atomic E-state index is 14.3. The molecule has 1 fully saturated rings. The van der Waals surface area contributed by atoms with E-state index in [1.54, 1.807) is 6.07 Å². The van der Waals surface area contributed by atoms with Crippen LogP contribution in [0, 0.1) is 5.41 Å². The van der Waals surface area contributed by atoms with Crippen molar-refractivity contribution in [3.63, 3.8) is 0 Å². The SMILES string of the molecule is C=C(C)C(=O)OC1CCC(Oc2ccc3cc(-c4ccc(CCCCC)cc4C(F)(F)F)oc3c2)C1(C)C(F)(F)F. The van der Waals surface area contributed by atoms with Crippen LogP contribution in [-0.4, -0.2) is 24.4 Å². The van der Waals surface area contributed by atoms with E-state index in [4.69, 9.17) is 13.9 Å². The summed E-state index contributed by atoms with van der Waals surface area (Å²) in [4.78, 5) is 12.0. The fourth-order valence-electron chi connectivity index (χ4n) is 5.22. The molecule has 1 aromatic heterocycles. The summed E-state index contributed by atoms with van der Waals surface area (Å²) >= 11 is 0. The van der Waals surface area contributed by atoms with Crippen molar-refractivity contribution in [1.82, 2.24) is 0 Å². The second-order valence-electron chi connectivity index (χ2n) is 10.8. The zero-order valence-corrected chi connectivity index (χ0v) is 23.0. The molecule has 0 spiro atoms. The summed E-state index contributed by atoms with van der Waals surface area (Å²) in [6.45, 7) is 7.75. The Kier molecular flexibility index (Phi) is 8.52. The molecule has 4 nitrogen and oxygen atoms in total. The van der Waals surface area contributed by atoms with Crippen LogP contribution in [0.1, 0.15) is 64.0 Å². The number of halogens is 6. The van der Waals surface area contributed by atoms with Gasteiger partial charge in [-0.25, -0.2) is 4.79 Å². The first-order chi connectivity index (χ1) is 19.1. The van der Waals surface area contributed by atoms with Crippen LogP contribution in [0.15, 0.2) is 59.0 Å². The van der Waals surface area contributed by atoms with Gasteiger partial charge in [0.25, 0.3) is 0 Å². The molecule has 3 unspecified atom stereocenters. The van der Waals surface area contributed by atoms with Crippen LogP contribution in [-0.2, 0) is 22.1 Å². The maximum atomic E-state index is 14.3. The minimum atomic E-state index is -4.76. The number of ether oxygens (including phenoxy) is 2. The Bertz CT molecular complexity index is 1420. The van der Waals surface area contributed by atoms with E-state index in [1.165, 1.54) is 37.3 Å². The van der Waals surface area contributed by atoms with E-state index in [2.05, 4.69) is 6.58 Å². The van der Waals surface area contributed by atoms with Crippen molar-refractivity contribution in [2.24, 2.45) is 5.41 Å². The van der Waals surface area contributed by atoms with Gasteiger partial charge in [0, 0.05) is 22.6 Å². The number of furan rings is 1. The zero-order valence-electron chi connectivity index (χ0n) is 23.0. The number of unbranched alkanes of at least 4 members (excludes halogenated alkanes) is 2. The van der Waals surface area contributed by atoms with Crippen molar-refractivity contribution >= 4 is 16.9 Å². The number of rotatable bonds is 9. The molecule has 0 N–H and O–H groups in total. The Morgan fingerprint density at radius 2 is 1.73 bits per heavy atom. The predicted molar refractivity (Wildman–Crippen MR) is 142 cm³/mol. The fourth-order valence-corrected chi connectivity index (χ4v) is 5.22. The molecule has 1 aliphatic rings. The average molecular weight is 583 g/mol. The van der Waals surface area contributed by atoms with Gasteiger partial charge in [0.05, 0.1) is 5.56 Å². The third-order valence-electron chi connectivity index (χ3n) is 7.73. The minimum absolute atomic E-state index is 0.0159. The number of carbonyl (C=O) groups excluding carboxylic acids is 1. The highest BCUT2D eigenvalue weighted by atomic mass is 19.4. The van der Waals surface area contributed by atoms with Crippen molar-refractivity contribution < 1.29 is 45.0 Å². The van der Waals surface area contributed by atoms with Gasteiger partial charge in [0.2, 0.25) is 0 Å². The number of carbonyl (C=O) groups is 1. The number of esters is 1. The Hall–Kier alpha value is -3.43. The van der Waals surface area contributed by atoms with E-state index < -0.39 is 41.5 Å². The largest absolute Gasteiger partial charge is 0.489 e. The Morgan fingerprint density at radius 3 is 2.37 bits per heavy atom. The molecular weight excluding hydrogens is 550 g/mol. The number of aryl methyl sites for hydroxylation is 1. The van der Waals surface area contributed by atoms with Gasteiger partial charge in [-0.3, -0.25) is 0 Å². The van der Waals surface area contributed by atoms with Gasteiger partial charge in [-0.1, -0.05) is 38.5 Å². The molecule has 222 valence electrons. The quantitative estimate of drug-likeness (QED) is 0.109. The lowest BCUT2D eigenvalue weighted by Gasteiger charge is -2.37. The van der Waals surface area contributed by atoms with E-state index in [9.17, 15) is 31.1 Å². The molecule has 2 aromatic carbocycles. The first-order valence-corrected chi connectivity index (χ1v) is 13.5. The van der Waals surface area contributed by atoms with Crippen LogP contribution in [0.5, 0.6) is 5.75 Å². The minimum Gasteiger partial charge on any atom is -0.489 e. The van der Waals surface area contributed by atoms with Gasteiger partial charge in [-0.2, -0.15) is 26.3 Å². The molecule has 3 aromatic rings. The molecule has 0 radical (unpaired) electrons. The first-order valence-electron chi connectivity index (χ1n) is 13.5. The average Bonchev–Trinajstić information content (AvgIpc) is 3.45.